The van der Waals surface area contributed by atoms with E-state index >= 15 is 0 Å². The second-order valence-corrected chi connectivity index (χ2v) is 6.67. The Morgan fingerprint density at radius 3 is 2.18 bits per heavy atom. The van der Waals surface area contributed by atoms with Gasteiger partial charge in [-0.05, 0) is 45.0 Å². The number of rotatable bonds is 7. The van der Waals surface area contributed by atoms with Gasteiger partial charge in [-0.25, -0.2) is 13.2 Å². The minimum Gasteiger partial charge on any atom is -0.480 e. The number of benzene rings is 1. The van der Waals surface area contributed by atoms with E-state index in [1.54, 1.807) is 20.8 Å². The third kappa shape index (κ3) is 4.28. The van der Waals surface area contributed by atoms with Gasteiger partial charge in [0.25, 0.3) is 0 Å². The second kappa shape index (κ2) is 7.37. The van der Waals surface area contributed by atoms with Crippen molar-refractivity contribution >= 4 is 22.0 Å². The van der Waals surface area contributed by atoms with E-state index in [0.29, 0.717) is 0 Å². The number of carbonyl (C=O) groups is 2. The van der Waals surface area contributed by atoms with E-state index < -0.39 is 34.5 Å². The largest absolute Gasteiger partial charge is 0.480 e. The molecule has 0 saturated heterocycles. The van der Waals surface area contributed by atoms with E-state index in [1.165, 1.54) is 24.3 Å². The molecule has 0 bridgehead atoms. The second-order valence-electron chi connectivity index (χ2n) is 4.78. The summed E-state index contributed by atoms with van der Waals surface area (Å²) < 4.78 is 30.6. The van der Waals surface area contributed by atoms with E-state index in [2.05, 4.69) is 0 Å². The summed E-state index contributed by atoms with van der Waals surface area (Å²) in [5.74, 6) is -1.78. The smallest absolute Gasteiger partial charge is 0.338 e. The van der Waals surface area contributed by atoms with Crippen LogP contribution in [0.1, 0.15) is 31.1 Å². The average Bonchev–Trinajstić information content (AvgIpc) is 2.44. The molecule has 0 unspecified atom stereocenters. The van der Waals surface area contributed by atoms with Gasteiger partial charge in [-0.15, -0.1) is 0 Å². The minimum absolute atomic E-state index is 0.0736. The van der Waals surface area contributed by atoms with Crippen LogP contribution in [0.25, 0.3) is 0 Å². The number of hydrogen-bond acceptors (Lipinski definition) is 5. The lowest BCUT2D eigenvalue weighted by molar-refractivity contribution is -0.137. The molecule has 0 aliphatic heterocycles. The van der Waals surface area contributed by atoms with Crippen LogP contribution in [0.3, 0.4) is 0 Å². The van der Waals surface area contributed by atoms with Gasteiger partial charge in [0.05, 0.1) is 17.1 Å². The van der Waals surface area contributed by atoms with Crippen molar-refractivity contribution in [3.8, 4) is 0 Å². The Bertz CT molecular complexity index is 636. The first kappa shape index (κ1) is 18.1. The van der Waals surface area contributed by atoms with E-state index in [9.17, 15) is 18.0 Å². The first-order valence-electron chi connectivity index (χ1n) is 6.71. The predicted molar refractivity (Wildman–Crippen MR) is 79.1 cm³/mol. The van der Waals surface area contributed by atoms with Crippen molar-refractivity contribution in [3.63, 3.8) is 0 Å². The molecule has 0 radical (unpaired) electrons. The molecule has 1 N–H and O–H groups in total. The molecule has 0 fully saturated rings. The van der Waals surface area contributed by atoms with Gasteiger partial charge in [0.2, 0.25) is 10.0 Å². The molecule has 0 aliphatic carbocycles. The zero-order valence-electron chi connectivity index (χ0n) is 12.6. The van der Waals surface area contributed by atoms with E-state index in [-0.39, 0.29) is 17.1 Å². The Labute approximate surface area is 129 Å². The van der Waals surface area contributed by atoms with Crippen molar-refractivity contribution < 1.29 is 27.9 Å². The number of nitrogens with zero attached hydrogens (tertiary/aromatic N) is 1. The summed E-state index contributed by atoms with van der Waals surface area (Å²) in [4.78, 5) is 22.3. The number of carboxylic acids is 1. The molecule has 0 atom stereocenters. The molecule has 1 aromatic rings. The van der Waals surface area contributed by atoms with Crippen LogP contribution in [0.4, 0.5) is 0 Å². The number of sulfonamides is 1. The first-order valence-corrected chi connectivity index (χ1v) is 8.15. The first-order chi connectivity index (χ1) is 10.2. The summed E-state index contributed by atoms with van der Waals surface area (Å²) in [7, 11) is -3.95. The third-order valence-corrected chi connectivity index (χ3v) is 4.88. The molecule has 0 saturated carbocycles. The summed E-state index contributed by atoms with van der Waals surface area (Å²) >= 11 is 0. The van der Waals surface area contributed by atoms with Crippen LogP contribution >= 0.6 is 0 Å². The quantitative estimate of drug-likeness (QED) is 0.758. The van der Waals surface area contributed by atoms with Crippen molar-refractivity contribution in [1.82, 2.24) is 4.31 Å². The number of ether oxygens (including phenoxy) is 1. The van der Waals surface area contributed by atoms with Gasteiger partial charge in [-0.1, -0.05) is 0 Å². The monoisotopic (exact) mass is 329 g/mol. The standard InChI is InChI=1S/C14H19NO6S/c1-4-21-14(18)11-5-7-12(8-6-11)22(19,20)15(10(2)3)9-13(16)17/h5-8,10H,4,9H2,1-3H3,(H,16,17). The topological polar surface area (TPSA) is 101 Å². The Morgan fingerprint density at radius 1 is 1.23 bits per heavy atom. The maximum absolute atomic E-state index is 12.5. The molecule has 22 heavy (non-hydrogen) atoms. The van der Waals surface area contributed by atoms with Crippen molar-refractivity contribution in [2.24, 2.45) is 0 Å². The van der Waals surface area contributed by atoms with Crippen LogP contribution in [-0.4, -0.2) is 49.0 Å². The Balaban J connectivity index is 3.11. The summed E-state index contributed by atoms with van der Waals surface area (Å²) in [6.07, 6.45) is 0. The number of esters is 1. The van der Waals surface area contributed by atoms with Gasteiger partial charge in [0.1, 0.15) is 6.54 Å². The molecular formula is C14H19NO6S. The average molecular weight is 329 g/mol. The van der Waals surface area contributed by atoms with Crippen molar-refractivity contribution in [2.45, 2.75) is 31.7 Å². The number of carboxylic acid groups (broad SMARTS) is 1. The number of hydrogen-bond donors (Lipinski definition) is 1. The third-order valence-electron chi connectivity index (χ3n) is 2.84. The zero-order valence-corrected chi connectivity index (χ0v) is 13.5. The molecule has 122 valence electrons. The molecule has 0 spiro atoms. The summed E-state index contributed by atoms with van der Waals surface area (Å²) in [5, 5.41) is 8.85. The van der Waals surface area contributed by atoms with Crippen LogP contribution in [0, 0.1) is 0 Å². The van der Waals surface area contributed by atoms with Crippen LogP contribution in [0.2, 0.25) is 0 Å². The fourth-order valence-electron chi connectivity index (χ4n) is 1.79. The van der Waals surface area contributed by atoms with Crippen molar-refractivity contribution in [3.05, 3.63) is 29.8 Å². The fraction of sp³-hybridized carbons (Fsp3) is 0.429. The molecule has 0 amide bonds. The maximum Gasteiger partial charge on any atom is 0.338 e. The molecule has 1 aromatic carbocycles. The van der Waals surface area contributed by atoms with Gasteiger partial charge in [-0.3, -0.25) is 4.79 Å². The molecule has 0 heterocycles. The molecule has 0 aromatic heterocycles. The molecule has 0 aliphatic rings. The normalized spacial score (nSPS) is 11.7. The number of aliphatic carboxylic acids is 1. The van der Waals surface area contributed by atoms with Crippen molar-refractivity contribution in [1.29, 1.82) is 0 Å². The van der Waals surface area contributed by atoms with Crippen LogP contribution < -0.4 is 0 Å². The highest BCUT2D eigenvalue weighted by Crippen LogP contribution is 2.19. The summed E-state index contributed by atoms with van der Waals surface area (Å²) in [5.41, 5.74) is 0.232. The van der Waals surface area contributed by atoms with Crippen molar-refractivity contribution in [2.75, 3.05) is 13.2 Å². The summed E-state index contributed by atoms with van der Waals surface area (Å²) in [6.45, 7) is 4.45. The maximum atomic E-state index is 12.5. The predicted octanol–water partition coefficient (Wildman–Crippen LogP) is 1.35. The SMILES string of the molecule is CCOC(=O)c1ccc(S(=O)(=O)N(CC(=O)O)C(C)C)cc1. The minimum atomic E-state index is -3.95. The Morgan fingerprint density at radius 2 is 1.77 bits per heavy atom. The van der Waals surface area contributed by atoms with Crippen LogP contribution in [-0.2, 0) is 19.6 Å². The van der Waals surface area contributed by atoms with Gasteiger partial charge in [-0.2, -0.15) is 4.31 Å². The van der Waals surface area contributed by atoms with Gasteiger partial charge in [0, 0.05) is 6.04 Å². The lowest BCUT2D eigenvalue weighted by Gasteiger charge is -2.24. The highest BCUT2D eigenvalue weighted by atomic mass is 32.2. The number of carbonyl (C=O) groups excluding carboxylic acids is 1. The molecule has 1 rings (SSSR count). The van der Waals surface area contributed by atoms with E-state index in [1.807, 2.05) is 0 Å². The molecule has 8 heteroatoms. The van der Waals surface area contributed by atoms with Gasteiger partial charge in [0.15, 0.2) is 0 Å². The lowest BCUT2D eigenvalue weighted by Crippen LogP contribution is -2.40. The van der Waals surface area contributed by atoms with Crippen LogP contribution in [0.15, 0.2) is 29.2 Å². The van der Waals surface area contributed by atoms with Gasteiger partial charge < -0.3 is 9.84 Å². The van der Waals surface area contributed by atoms with Gasteiger partial charge >= 0.3 is 11.9 Å². The molecule has 7 nitrogen and oxygen atoms in total. The Hall–Kier alpha value is -1.93. The highest BCUT2D eigenvalue weighted by Gasteiger charge is 2.29. The van der Waals surface area contributed by atoms with Crippen LogP contribution in [0.5, 0.6) is 0 Å². The lowest BCUT2D eigenvalue weighted by atomic mass is 10.2. The van der Waals surface area contributed by atoms with E-state index in [4.69, 9.17) is 9.84 Å². The van der Waals surface area contributed by atoms with E-state index in [0.717, 1.165) is 4.31 Å². The zero-order chi connectivity index (χ0) is 16.9. The summed E-state index contributed by atoms with van der Waals surface area (Å²) in [6, 6.07) is 4.69. The molecular weight excluding hydrogens is 310 g/mol. The highest BCUT2D eigenvalue weighted by molar-refractivity contribution is 7.89. The Kier molecular flexibility index (Phi) is 6.07. The fourth-order valence-corrected chi connectivity index (χ4v) is 3.38.